The molecule has 0 bridgehead atoms. The first-order chi connectivity index (χ1) is 28.5. The molecule has 61 heavy (non-hydrogen) atoms. The summed E-state index contributed by atoms with van der Waals surface area (Å²) in [5.41, 5.74) is 3.82. The molecule has 2 heterocycles. The number of aldehydes is 1. The summed E-state index contributed by atoms with van der Waals surface area (Å²) in [7, 11) is 1.31. The lowest BCUT2D eigenvalue weighted by molar-refractivity contribution is -0.158. The Morgan fingerprint density at radius 3 is 1.48 bits per heavy atom. The quantitative estimate of drug-likeness (QED) is 0.131. The van der Waals surface area contributed by atoms with Gasteiger partial charge in [0.15, 0.2) is 11.6 Å². The number of ketones is 2. The van der Waals surface area contributed by atoms with E-state index in [2.05, 4.69) is 0 Å². The van der Waals surface area contributed by atoms with Crippen LogP contribution in [-0.4, -0.2) is 63.5 Å². The maximum Gasteiger partial charge on any atom is 0.338 e. The number of carbonyl (C=O) groups excluding carboxylic acids is 4. The van der Waals surface area contributed by atoms with Crippen molar-refractivity contribution in [3.05, 3.63) is 129 Å². The van der Waals surface area contributed by atoms with Gasteiger partial charge in [-0.05, 0) is 137 Å². The number of esters is 1. The summed E-state index contributed by atoms with van der Waals surface area (Å²) in [6, 6.07) is 23.8. The van der Waals surface area contributed by atoms with E-state index in [0.717, 1.165) is 40.5 Å². The Morgan fingerprint density at radius 2 is 1.05 bits per heavy atom. The Bertz CT molecular complexity index is 2390. The molecule has 6 rings (SSSR count). The molecule has 2 N–H and O–H groups in total. The van der Waals surface area contributed by atoms with E-state index in [4.69, 9.17) is 25.8 Å². The summed E-state index contributed by atoms with van der Waals surface area (Å²) in [4.78, 5) is 49.7. The molecule has 0 saturated heterocycles. The van der Waals surface area contributed by atoms with Crippen LogP contribution < -0.4 is 0 Å². The smallest absolute Gasteiger partial charge is 0.338 e. The molecule has 10 heteroatoms. The van der Waals surface area contributed by atoms with Crippen molar-refractivity contribution in [1.29, 1.82) is 0 Å². The van der Waals surface area contributed by atoms with Gasteiger partial charge in [-0.25, -0.2) is 4.79 Å². The largest absolute Gasteiger partial charge is 0.508 e. The zero-order valence-corrected chi connectivity index (χ0v) is 38.4. The first kappa shape index (κ1) is 48.3. The summed E-state index contributed by atoms with van der Waals surface area (Å²) in [5.74, 6) is -1.18. The normalized spacial score (nSPS) is 17.4. The number of halogens is 1. The first-order valence-electron chi connectivity index (χ1n) is 20.6. The lowest BCUT2D eigenvalue weighted by Crippen LogP contribution is -2.49. The fourth-order valence-electron chi connectivity index (χ4n) is 7.77. The molecule has 0 aliphatic carbocycles. The van der Waals surface area contributed by atoms with Crippen molar-refractivity contribution in [1.82, 2.24) is 0 Å². The highest BCUT2D eigenvalue weighted by Gasteiger charge is 2.48. The van der Waals surface area contributed by atoms with Gasteiger partial charge in [-0.1, -0.05) is 93.9 Å². The zero-order valence-electron chi connectivity index (χ0n) is 37.6. The molecule has 4 aromatic rings. The van der Waals surface area contributed by atoms with Gasteiger partial charge in [0, 0.05) is 10.6 Å². The average molecular weight is 851 g/mol. The van der Waals surface area contributed by atoms with Gasteiger partial charge in [-0.15, -0.1) is 0 Å². The number of benzene rings is 4. The van der Waals surface area contributed by atoms with E-state index in [9.17, 15) is 29.4 Å². The maximum absolute atomic E-state index is 13.3. The van der Waals surface area contributed by atoms with Crippen LogP contribution in [0.15, 0.2) is 90.4 Å². The molecule has 4 aromatic carbocycles. The molecule has 0 amide bonds. The molecule has 0 fully saturated rings. The van der Waals surface area contributed by atoms with E-state index in [1.54, 1.807) is 85.7 Å². The molecule has 324 valence electrons. The highest BCUT2D eigenvalue weighted by molar-refractivity contribution is 6.31. The highest BCUT2D eigenvalue weighted by atomic mass is 35.5. The van der Waals surface area contributed by atoms with Gasteiger partial charge in [-0.3, -0.25) is 14.4 Å². The topological polar surface area (TPSA) is 136 Å². The van der Waals surface area contributed by atoms with Crippen LogP contribution in [0.4, 0.5) is 0 Å². The van der Waals surface area contributed by atoms with Crippen molar-refractivity contribution in [2.75, 3.05) is 7.11 Å². The summed E-state index contributed by atoms with van der Waals surface area (Å²) in [5, 5.41) is 22.3. The van der Waals surface area contributed by atoms with Gasteiger partial charge < -0.3 is 24.4 Å². The fourth-order valence-corrected chi connectivity index (χ4v) is 7.94. The Morgan fingerprint density at radius 1 is 0.623 bits per heavy atom. The van der Waals surface area contributed by atoms with Gasteiger partial charge in [0.25, 0.3) is 0 Å². The predicted molar refractivity (Wildman–Crippen MR) is 243 cm³/mol. The summed E-state index contributed by atoms with van der Waals surface area (Å²) in [6.07, 6.45) is 2.19. The van der Waals surface area contributed by atoms with E-state index < -0.39 is 28.4 Å². The lowest BCUT2D eigenvalue weighted by atomic mass is 9.80. The molecule has 2 aliphatic heterocycles. The van der Waals surface area contributed by atoms with Crippen molar-refractivity contribution in [3.8, 4) is 22.3 Å². The van der Waals surface area contributed by atoms with Crippen LogP contribution >= 0.6 is 11.6 Å². The predicted octanol–water partition coefficient (Wildman–Crippen LogP) is 12.0. The Hall–Kier alpha value is -5.35. The van der Waals surface area contributed by atoms with E-state index in [0.29, 0.717) is 44.8 Å². The van der Waals surface area contributed by atoms with Gasteiger partial charge in [-0.2, -0.15) is 0 Å². The minimum Gasteiger partial charge on any atom is -0.508 e. The molecule has 0 radical (unpaired) electrons. The van der Waals surface area contributed by atoms with Gasteiger partial charge in [0.2, 0.25) is 0 Å². The molecule has 0 unspecified atom stereocenters. The number of methoxy groups -OCH3 is 1. The second-order valence-corrected chi connectivity index (χ2v) is 17.2. The Balaban J connectivity index is 0.000000259. The molecule has 0 saturated carbocycles. The highest BCUT2D eigenvalue weighted by Crippen LogP contribution is 2.44. The number of aliphatic hydroxyl groups is 2. The second kappa shape index (κ2) is 18.7. The summed E-state index contributed by atoms with van der Waals surface area (Å²) in [6.45, 7) is 21.9. The molecule has 0 spiro atoms. The van der Waals surface area contributed by atoms with Crippen LogP contribution in [0.2, 0.25) is 5.02 Å². The molecular weight excluding hydrogens is 792 g/mol. The standard InChI is InChI=1S/C25H27ClO5.C24H26O4.C2H6/c1-7-14-8-9-15(17-11-10-16(26)13-19(17)23(29)30-6)12-18(14)20-21(27)24(2,3)31-25(4,5)22(20)28;1-6-16-11-12-18(17-9-7-15(14-25)8-10-17)13-19(16)20-21(26)23(2,3)28-24(4,5)22(20)27;1-2/h8-13,27H,7H2,1-6H3;7-14,26H,6H2,1-5H3;1-2H3. The number of aliphatic hydroxyl groups excluding tert-OH is 2. The minimum atomic E-state index is -1.09. The third kappa shape index (κ3) is 9.91. The minimum absolute atomic E-state index is 0.0417. The Labute approximate surface area is 365 Å². The van der Waals surface area contributed by atoms with Crippen LogP contribution in [0.1, 0.15) is 126 Å². The average Bonchev–Trinajstić information content (AvgIpc) is 3.22. The maximum atomic E-state index is 13.3. The van der Waals surface area contributed by atoms with Crippen molar-refractivity contribution < 1.29 is 43.6 Å². The van der Waals surface area contributed by atoms with Crippen molar-refractivity contribution >= 4 is 46.6 Å². The number of ether oxygens (including phenoxy) is 3. The molecule has 0 aromatic heterocycles. The van der Waals surface area contributed by atoms with Crippen LogP contribution in [0.25, 0.3) is 33.4 Å². The number of rotatable bonds is 8. The van der Waals surface area contributed by atoms with Crippen LogP contribution in [0.3, 0.4) is 0 Å². The number of carbonyl (C=O) groups is 4. The third-order valence-electron chi connectivity index (χ3n) is 10.8. The zero-order chi connectivity index (χ0) is 45.8. The van der Waals surface area contributed by atoms with Gasteiger partial charge in [0.05, 0.1) is 23.8 Å². The fraction of sp³-hybridized carbons (Fsp3) is 0.373. The van der Waals surface area contributed by atoms with E-state index in [-0.39, 0.29) is 28.7 Å². The summed E-state index contributed by atoms with van der Waals surface area (Å²) >= 11 is 6.10. The molecule has 9 nitrogen and oxygen atoms in total. The Kier molecular flexibility index (Phi) is 14.8. The SMILES string of the molecule is CC.CCc1ccc(-c2ccc(C=O)cc2)cc1C1=C(O)C(C)(C)OC(C)(C)C1=O.CCc1ccc(-c2ccc(Cl)cc2C(=O)OC)cc1C1=C(O)C(C)(C)OC(C)(C)C1=O. The number of hydrogen-bond donors (Lipinski definition) is 2. The monoisotopic (exact) mass is 850 g/mol. The van der Waals surface area contributed by atoms with E-state index >= 15 is 0 Å². The molecule has 0 atom stereocenters. The van der Waals surface area contributed by atoms with Crippen molar-refractivity contribution in [2.24, 2.45) is 0 Å². The van der Waals surface area contributed by atoms with Crippen LogP contribution in [-0.2, 0) is 36.6 Å². The van der Waals surface area contributed by atoms with E-state index in [1.807, 2.05) is 76.2 Å². The second-order valence-electron chi connectivity index (χ2n) is 16.7. The number of hydrogen-bond acceptors (Lipinski definition) is 9. The lowest BCUT2D eigenvalue weighted by Gasteiger charge is -2.40. The van der Waals surface area contributed by atoms with Crippen LogP contribution in [0, 0.1) is 0 Å². The summed E-state index contributed by atoms with van der Waals surface area (Å²) < 4.78 is 16.6. The third-order valence-corrected chi connectivity index (χ3v) is 11.0. The van der Waals surface area contributed by atoms with Gasteiger partial charge in [0.1, 0.15) is 40.2 Å². The van der Waals surface area contributed by atoms with Crippen molar-refractivity contribution in [3.63, 3.8) is 0 Å². The number of Topliss-reactive ketones (excluding diaryl/α,β-unsaturated/α-hetero) is 2. The van der Waals surface area contributed by atoms with Crippen LogP contribution in [0.5, 0.6) is 0 Å². The molecule has 2 aliphatic rings. The number of aryl methyl sites for hydroxylation is 2. The van der Waals surface area contributed by atoms with E-state index in [1.165, 1.54) is 7.11 Å². The van der Waals surface area contributed by atoms with Crippen molar-refractivity contribution in [2.45, 2.75) is 118 Å². The molecular formula is C51H59ClO9. The van der Waals surface area contributed by atoms with Gasteiger partial charge >= 0.3 is 5.97 Å². The first-order valence-corrected chi connectivity index (χ1v) is 21.0.